The van der Waals surface area contributed by atoms with E-state index in [1.54, 1.807) is 6.08 Å². The molecule has 388 valence electrons. The topological polar surface area (TPSA) is 108 Å². The third-order valence-electron chi connectivity index (χ3n) is 12.5. The summed E-state index contributed by atoms with van der Waals surface area (Å²) in [5.41, 5.74) is 0. The lowest BCUT2D eigenvalue weighted by Gasteiger charge is -2.29. The number of rotatable bonds is 51. The van der Waals surface area contributed by atoms with E-state index >= 15 is 0 Å². The fourth-order valence-corrected chi connectivity index (χ4v) is 8.81. The van der Waals surface area contributed by atoms with Crippen LogP contribution in [0.15, 0.2) is 48.6 Å². The molecule has 0 aromatic carbocycles. The van der Waals surface area contributed by atoms with Crippen LogP contribution in [0.4, 0.5) is 0 Å². The summed E-state index contributed by atoms with van der Waals surface area (Å²) in [6.07, 6.45) is 63.2. The fraction of sp³-hybridized carbons (Fsp3) is 0.842. The Morgan fingerprint density at radius 1 is 0.530 bits per heavy atom. The first-order valence-corrected chi connectivity index (χ1v) is 29.5. The summed E-state index contributed by atoms with van der Waals surface area (Å²) >= 11 is 0. The Labute approximate surface area is 409 Å². The van der Waals surface area contributed by atoms with Gasteiger partial charge in [0, 0.05) is 6.42 Å². The summed E-state index contributed by atoms with van der Waals surface area (Å²) < 4.78 is 23.3. The molecule has 0 spiro atoms. The number of quaternary nitrogens is 1. The highest BCUT2D eigenvalue weighted by molar-refractivity contribution is 7.45. The molecule has 0 saturated heterocycles. The van der Waals surface area contributed by atoms with Crippen molar-refractivity contribution in [2.75, 3.05) is 40.9 Å². The van der Waals surface area contributed by atoms with Gasteiger partial charge in [-0.05, 0) is 64.2 Å². The van der Waals surface area contributed by atoms with Crippen LogP contribution in [0.25, 0.3) is 0 Å². The molecule has 8 nitrogen and oxygen atoms in total. The second-order valence-corrected chi connectivity index (χ2v) is 21.7. The van der Waals surface area contributed by atoms with Crippen LogP contribution in [0.5, 0.6) is 0 Å². The van der Waals surface area contributed by atoms with E-state index in [1.807, 2.05) is 27.2 Å². The highest BCUT2D eigenvalue weighted by Gasteiger charge is 2.23. The molecular weight excluding hydrogens is 840 g/mol. The van der Waals surface area contributed by atoms with Crippen LogP contribution < -0.4 is 10.2 Å². The van der Waals surface area contributed by atoms with E-state index in [0.29, 0.717) is 17.4 Å². The minimum absolute atomic E-state index is 0.00794. The number of hydrogen-bond acceptors (Lipinski definition) is 6. The number of carbonyl (C=O) groups is 1. The Morgan fingerprint density at radius 2 is 0.894 bits per heavy atom. The summed E-state index contributed by atoms with van der Waals surface area (Å²) in [4.78, 5) is 25.5. The Hall–Kier alpha value is -1.54. The molecule has 0 aliphatic carbocycles. The van der Waals surface area contributed by atoms with Gasteiger partial charge in [-0.1, -0.05) is 236 Å². The van der Waals surface area contributed by atoms with E-state index in [4.69, 9.17) is 9.05 Å². The summed E-state index contributed by atoms with van der Waals surface area (Å²) in [7, 11) is 1.24. The molecule has 1 amide bonds. The zero-order valence-electron chi connectivity index (χ0n) is 44.1. The van der Waals surface area contributed by atoms with Gasteiger partial charge in [0.2, 0.25) is 5.91 Å². The maximum atomic E-state index is 12.9. The predicted molar refractivity (Wildman–Crippen MR) is 284 cm³/mol. The molecule has 0 aliphatic rings. The van der Waals surface area contributed by atoms with Crippen LogP contribution in [0.1, 0.15) is 258 Å². The number of unbranched alkanes of at least 4 members (excludes halogenated alkanes) is 32. The highest BCUT2D eigenvalue weighted by Crippen LogP contribution is 2.38. The fourth-order valence-electron chi connectivity index (χ4n) is 8.08. The molecular formula is C57H109N2O6P. The number of nitrogens with zero attached hydrogens (tertiary/aromatic N) is 1. The molecule has 0 aromatic heterocycles. The number of phosphoric ester groups is 1. The van der Waals surface area contributed by atoms with E-state index in [9.17, 15) is 19.4 Å². The van der Waals surface area contributed by atoms with Crippen LogP contribution in [0.2, 0.25) is 0 Å². The maximum absolute atomic E-state index is 12.9. The number of amides is 1. The van der Waals surface area contributed by atoms with Crippen molar-refractivity contribution in [1.29, 1.82) is 0 Å². The molecule has 0 radical (unpaired) electrons. The van der Waals surface area contributed by atoms with Crippen molar-refractivity contribution in [3.63, 3.8) is 0 Å². The van der Waals surface area contributed by atoms with Crippen LogP contribution in [-0.4, -0.2) is 68.5 Å². The number of allylic oxidation sites excluding steroid dienone is 7. The van der Waals surface area contributed by atoms with Crippen LogP contribution in [-0.2, 0) is 18.4 Å². The first kappa shape index (κ1) is 64.5. The van der Waals surface area contributed by atoms with Crippen molar-refractivity contribution in [2.24, 2.45) is 0 Å². The highest BCUT2D eigenvalue weighted by atomic mass is 31.2. The van der Waals surface area contributed by atoms with Gasteiger partial charge in [0.1, 0.15) is 13.2 Å². The molecule has 0 heterocycles. The predicted octanol–water partition coefficient (Wildman–Crippen LogP) is 16.1. The third-order valence-corrected chi connectivity index (χ3v) is 13.5. The molecule has 0 bridgehead atoms. The number of phosphoric acid groups is 1. The molecule has 2 N–H and O–H groups in total. The summed E-state index contributed by atoms with van der Waals surface area (Å²) in [6.45, 7) is 4.64. The monoisotopic (exact) mass is 949 g/mol. The molecule has 0 rings (SSSR count). The van der Waals surface area contributed by atoms with Crippen LogP contribution in [0.3, 0.4) is 0 Å². The molecule has 0 aromatic rings. The Morgan fingerprint density at radius 3 is 1.32 bits per heavy atom. The summed E-state index contributed by atoms with van der Waals surface area (Å²) in [6, 6.07) is -0.907. The lowest BCUT2D eigenvalue weighted by atomic mass is 10.0. The molecule has 0 fully saturated rings. The average molecular weight is 949 g/mol. The van der Waals surface area contributed by atoms with Gasteiger partial charge in [-0.2, -0.15) is 0 Å². The summed E-state index contributed by atoms with van der Waals surface area (Å²) in [5.74, 6) is -0.210. The van der Waals surface area contributed by atoms with Crippen molar-refractivity contribution in [1.82, 2.24) is 5.32 Å². The quantitative estimate of drug-likeness (QED) is 0.0272. The minimum Gasteiger partial charge on any atom is -0.756 e. The number of carbonyl (C=O) groups excluding carboxylic acids is 1. The van der Waals surface area contributed by atoms with Gasteiger partial charge in [0.05, 0.1) is 39.9 Å². The van der Waals surface area contributed by atoms with E-state index in [1.165, 1.54) is 193 Å². The first-order valence-electron chi connectivity index (χ1n) is 28.0. The minimum atomic E-state index is -4.61. The normalized spacial score (nSPS) is 14.3. The van der Waals surface area contributed by atoms with Gasteiger partial charge < -0.3 is 28.8 Å². The van der Waals surface area contributed by atoms with Gasteiger partial charge in [-0.3, -0.25) is 9.36 Å². The molecule has 3 atom stereocenters. The van der Waals surface area contributed by atoms with Gasteiger partial charge in [-0.15, -0.1) is 0 Å². The van der Waals surface area contributed by atoms with Crippen molar-refractivity contribution < 1.29 is 32.9 Å². The van der Waals surface area contributed by atoms with E-state index in [2.05, 4.69) is 55.6 Å². The smallest absolute Gasteiger partial charge is 0.268 e. The number of nitrogens with one attached hydrogen (secondary N) is 1. The van der Waals surface area contributed by atoms with Gasteiger partial charge in [0.15, 0.2) is 0 Å². The van der Waals surface area contributed by atoms with Crippen LogP contribution >= 0.6 is 7.82 Å². The maximum Gasteiger partial charge on any atom is 0.268 e. The Bertz CT molecular complexity index is 1210. The average Bonchev–Trinajstić information content (AvgIpc) is 3.28. The van der Waals surface area contributed by atoms with E-state index in [-0.39, 0.29) is 12.5 Å². The Balaban J connectivity index is 4.28. The number of hydrogen-bond donors (Lipinski definition) is 2. The first-order chi connectivity index (χ1) is 32.0. The van der Waals surface area contributed by atoms with Crippen LogP contribution in [0, 0.1) is 0 Å². The molecule has 0 saturated carbocycles. The van der Waals surface area contributed by atoms with Gasteiger partial charge in [-0.25, -0.2) is 0 Å². The van der Waals surface area contributed by atoms with Gasteiger partial charge in [0.25, 0.3) is 7.82 Å². The molecule has 9 heteroatoms. The molecule has 0 aliphatic heterocycles. The third kappa shape index (κ3) is 50.3. The second-order valence-electron chi connectivity index (χ2n) is 20.3. The molecule has 66 heavy (non-hydrogen) atoms. The SMILES string of the molecule is CCCCCCCCCCC/C=C\C/C=C\CCCCCCCCCCCC(=O)NC(COP(=O)([O-])OCC[N+](C)(C)C)C(O)/C=C/CC/C=C/CCCCCCCCCCCCCCC. The largest absolute Gasteiger partial charge is 0.756 e. The zero-order chi connectivity index (χ0) is 48.5. The van der Waals surface area contributed by atoms with Gasteiger partial charge >= 0.3 is 0 Å². The van der Waals surface area contributed by atoms with Crippen molar-refractivity contribution >= 4 is 13.7 Å². The lowest BCUT2D eigenvalue weighted by Crippen LogP contribution is -2.45. The van der Waals surface area contributed by atoms with Crippen molar-refractivity contribution in [3.05, 3.63) is 48.6 Å². The van der Waals surface area contributed by atoms with E-state index < -0.39 is 26.6 Å². The standard InChI is InChI=1S/C57H109N2O6P/c1-6-8-10-12-14-16-18-20-22-24-26-27-28-29-30-31-33-35-37-39-41-43-45-47-49-51-57(61)58-55(54-65-66(62,63)64-53-52-59(3,4)5)56(60)50-48-46-44-42-40-38-36-34-32-25-23-21-19-17-15-13-11-9-7-2/h26-27,29-30,40,42,48,50,55-56,60H,6-25,28,31-39,41,43-47,49,51-54H2,1-5H3,(H-,58,61,62,63)/b27-26-,30-29-,42-40+,50-48+. The number of aliphatic hydroxyl groups is 1. The zero-order valence-corrected chi connectivity index (χ0v) is 45.0. The molecule has 3 unspecified atom stereocenters. The summed E-state index contributed by atoms with van der Waals surface area (Å²) in [5, 5.41) is 13.8. The Kier molecular flexibility index (Phi) is 47.4. The van der Waals surface area contributed by atoms with Crippen molar-refractivity contribution in [3.8, 4) is 0 Å². The van der Waals surface area contributed by atoms with Crippen molar-refractivity contribution in [2.45, 2.75) is 270 Å². The van der Waals surface area contributed by atoms with E-state index in [0.717, 1.165) is 44.9 Å². The number of likely N-dealkylation sites (N-methyl/N-ethyl adjacent to an activating group) is 1. The second kappa shape index (κ2) is 48.5. The number of aliphatic hydroxyl groups excluding tert-OH is 1. The lowest BCUT2D eigenvalue weighted by molar-refractivity contribution is -0.870.